The molecular weight excluding hydrogens is 306 g/mol. The molecule has 0 fully saturated rings. The van der Waals surface area contributed by atoms with E-state index in [9.17, 15) is 14.7 Å². The lowest BCUT2D eigenvalue weighted by atomic mass is 9.99. The first kappa shape index (κ1) is 18.3. The molecule has 24 heavy (non-hydrogen) atoms. The predicted molar refractivity (Wildman–Crippen MR) is 93.4 cm³/mol. The lowest BCUT2D eigenvalue weighted by molar-refractivity contribution is -0.128. The van der Waals surface area contributed by atoms with E-state index >= 15 is 0 Å². The number of para-hydroxylation sites is 1. The molecule has 6 nitrogen and oxygen atoms in total. The van der Waals surface area contributed by atoms with Crippen LogP contribution in [0.4, 0.5) is 5.69 Å². The summed E-state index contributed by atoms with van der Waals surface area (Å²) in [6.07, 6.45) is 2.68. The fourth-order valence-corrected chi connectivity index (χ4v) is 2.79. The number of fused-ring (bicyclic) bond motifs is 1. The van der Waals surface area contributed by atoms with Gasteiger partial charge in [0.25, 0.3) is 0 Å². The van der Waals surface area contributed by atoms with Gasteiger partial charge in [0.05, 0.1) is 12.6 Å². The number of carbonyl (C=O) groups excluding carboxylic acids is 2. The summed E-state index contributed by atoms with van der Waals surface area (Å²) in [5.41, 5.74) is 2.00. The topological polar surface area (TPSA) is 90.5 Å². The maximum Gasteiger partial charge on any atom is 0.239 e. The quantitative estimate of drug-likeness (QED) is 0.578. The Morgan fingerprint density at radius 2 is 1.83 bits per heavy atom. The maximum absolute atomic E-state index is 12.0. The molecule has 0 bridgehead atoms. The molecule has 3 atom stereocenters. The Kier molecular flexibility index (Phi) is 6.61. The first-order valence-electron chi connectivity index (χ1n) is 8.57. The molecular formula is C18H27N3O3. The van der Waals surface area contributed by atoms with Gasteiger partial charge in [-0.05, 0) is 37.8 Å². The summed E-state index contributed by atoms with van der Waals surface area (Å²) in [6, 6.07) is 7.37. The zero-order valence-electron chi connectivity index (χ0n) is 14.3. The molecule has 2 amide bonds. The molecule has 0 radical (unpaired) electrons. The van der Waals surface area contributed by atoms with Crippen LogP contribution in [0.3, 0.4) is 0 Å². The number of aryl methyl sites for hydroxylation is 1. The minimum atomic E-state index is -0.908. The lowest BCUT2D eigenvalue weighted by Gasteiger charge is -2.23. The number of rotatable bonds is 0. The van der Waals surface area contributed by atoms with Gasteiger partial charge in [0.1, 0.15) is 6.23 Å². The van der Waals surface area contributed by atoms with Crippen molar-refractivity contribution >= 4 is 17.5 Å². The highest BCUT2D eigenvalue weighted by atomic mass is 16.3. The zero-order valence-corrected chi connectivity index (χ0v) is 14.3. The Hall–Kier alpha value is -2.08. The Morgan fingerprint density at radius 1 is 1.08 bits per heavy atom. The van der Waals surface area contributed by atoms with E-state index in [1.165, 1.54) is 0 Å². The van der Waals surface area contributed by atoms with Gasteiger partial charge < -0.3 is 21.1 Å². The predicted octanol–water partition coefficient (Wildman–Crippen LogP) is 1.40. The molecule has 0 saturated heterocycles. The number of amides is 2. The van der Waals surface area contributed by atoms with E-state index in [0.717, 1.165) is 36.9 Å². The van der Waals surface area contributed by atoms with Crippen molar-refractivity contribution in [3.05, 3.63) is 29.8 Å². The molecule has 1 aliphatic rings. The summed E-state index contributed by atoms with van der Waals surface area (Å²) in [4.78, 5) is 23.9. The first-order chi connectivity index (χ1) is 11.5. The molecule has 4 N–H and O–H groups in total. The molecule has 0 spiro atoms. The second kappa shape index (κ2) is 8.68. The number of hydrogen-bond donors (Lipinski definition) is 4. The molecule has 6 heteroatoms. The van der Waals surface area contributed by atoms with Gasteiger partial charge in [-0.1, -0.05) is 31.5 Å². The maximum atomic E-state index is 12.0. The summed E-state index contributed by atoms with van der Waals surface area (Å²) in [5, 5.41) is 18.7. The standard InChI is InChI=1S/C18H27N3O3/c1-12-7-3-4-8-14-9-5-6-10-15(14)21-18(24)13(2)20-16(22)11-19-17(12)23/h5-6,9-10,12-13,18,21,24H,3-4,7-8,11H2,1-2H3,(H,19,23)(H,20,22). The zero-order chi connectivity index (χ0) is 17.5. The third-order valence-corrected chi connectivity index (χ3v) is 4.39. The molecule has 1 aliphatic heterocycles. The average molecular weight is 333 g/mol. The Balaban J connectivity index is 2.13. The molecule has 0 aromatic heterocycles. The minimum absolute atomic E-state index is 0.0726. The van der Waals surface area contributed by atoms with Crippen molar-refractivity contribution in [2.24, 2.45) is 5.92 Å². The van der Waals surface area contributed by atoms with Crippen LogP contribution in [0.1, 0.15) is 38.7 Å². The van der Waals surface area contributed by atoms with Crippen LogP contribution in [-0.4, -0.2) is 35.7 Å². The van der Waals surface area contributed by atoms with Gasteiger partial charge in [-0.3, -0.25) is 9.59 Å². The minimum Gasteiger partial charge on any atom is -0.372 e. The van der Waals surface area contributed by atoms with Gasteiger partial charge in [-0.2, -0.15) is 0 Å². The third-order valence-electron chi connectivity index (χ3n) is 4.39. The number of carbonyl (C=O) groups is 2. The van der Waals surface area contributed by atoms with Gasteiger partial charge in [-0.25, -0.2) is 0 Å². The third kappa shape index (κ3) is 5.23. The summed E-state index contributed by atoms with van der Waals surface area (Å²) in [6.45, 7) is 3.53. The van der Waals surface area contributed by atoms with Crippen LogP contribution in [0, 0.1) is 5.92 Å². The van der Waals surface area contributed by atoms with E-state index in [1.807, 2.05) is 31.2 Å². The molecule has 1 heterocycles. The summed E-state index contributed by atoms with van der Waals surface area (Å²) in [5.74, 6) is -0.530. The number of anilines is 1. The van der Waals surface area contributed by atoms with Crippen LogP contribution < -0.4 is 16.0 Å². The Labute approximate surface area is 143 Å². The number of hydrogen-bond acceptors (Lipinski definition) is 4. The molecule has 0 saturated carbocycles. The van der Waals surface area contributed by atoms with E-state index < -0.39 is 12.3 Å². The molecule has 132 valence electrons. The summed E-state index contributed by atoms with van der Waals surface area (Å²) in [7, 11) is 0. The second-order valence-corrected chi connectivity index (χ2v) is 6.47. The molecule has 1 aromatic rings. The highest BCUT2D eigenvalue weighted by molar-refractivity contribution is 5.85. The number of benzene rings is 1. The van der Waals surface area contributed by atoms with Crippen LogP contribution in [0.2, 0.25) is 0 Å². The van der Waals surface area contributed by atoms with E-state index in [2.05, 4.69) is 16.0 Å². The highest BCUT2D eigenvalue weighted by Crippen LogP contribution is 2.20. The van der Waals surface area contributed by atoms with Gasteiger partial charge in [0, 0.05) is 11.6 Å². The van der Waals surface area contributed by atoms with Gasteiger partial charge >= 0.3 is 0 Å². The number of nitrogens with one attached hydrogen (secondary N) is 3. The van der Waals surface area contributed by atoms with E-state index in [0.29, 0.717) is 0 Å². The van der Waals surface area contributed by atoms with Crippen molar-refractivity contribution in [2.75, 3.05) is 11.9 Å². The second-order valence-electron chi connectivity index (χ2n) is 6.47. The lowest BCUT2D eigenvalue weighted by Crippen LogP contribution is -2.48. The smallest absolute Gasteiger partial charge is 0.239 e. The fourth-order valence-electron chi connectivity index (χ4n) is 2.79. The molecule has 2 rings (SSSR count). The average Bonchev–Trinajstić information content (AvgIpc) is 2.56. The fraction of sp³-hybridized carbons (Fsp3) is 0.556. The van der Waals surface area contributed by atoms with Gasteiger partial charge in [0.2, 0.25) is 11.8 Å². The van der Waals surface area contributed by atoms with Gasteiger partial charge in [-0.15, -0.1) is 0 Å². The van der Waals surface area contributed by atoms with E-state index in [-0.39, 0.29) is 24.3 Å². The largest absolute Gasteiger partial charge is 0.372 e. The van der Waals surface area contributed by atoms with Crippen LogP contribution in [-0.2, 0) is 16.0 Å². The van der Waals surface area contributed by atoms with Gasteiger partial charge in [0.15, 0.2) is 0 Å². The van der Waals surface area contributed by atoms with Crippen molar-refractivity contribution < 1.29 is 14.7 Å². The molecule has 1 aromatic carbocycles. The van der Waals surface area contributed by atoms with Crippen LogP contribution in [0.15, 0.2) is 24.3 Å². The Bertz CT molecular complexity index is 576. The molecule has 3 unspecified atom stereocenters. The molecule has 0 aliphatic carbocycles. The monoisotopic (exact) mass is 333 g/mol. The van der Waals surface area contributed by atoms with Crippen molar-refractivity contribution in [3.8, 4) is 0 Å². The van der Waals surface area contributed by atoms with Crippen LogP contribution in [0.25, 0.3) is 0 Å². The van der Waals surface area contributed by atoms with Crippen molar-refractivity contribution in [2.45, 2.75) is 51.8 Å². The van der Waals surface area contributed by atoms with Crippen molar-refractivity contribution in [1.82, 2.24) is 10.6 Å². The van der Waals surface area contributed by atoms with E-state index in [1.54, 1.807) is 6.92 Å². The normalized spacial score (nSPS) is 26.9. The Morgan fingerprint density at radius 3 is 2.62 bits per heavy atom. The van der Waals surface area contributed by atoms with Crippen molar-refractivity contribution in [3.63, 3.8) is 0 Å². The number of aliphatic hydroxyl groups excluding tert-OH is 1. The van der Waals surface area contributed by atoms with Crippen molar-refractivity contribution in [1.29, 1.82) is 0 Å². The number of aliphatic hydroxyl groups is 1. The summed E-state index contributed by atoms with van der Waals surface area (Å²) < 4.78 is 0. The summed E-state index contributed by atoms with van der Waals surface area (Å²) >= 11 is 0. The van der Waals surface area contributed by atoms with Crippen LogP contribution in [0.5, 0.6) is 0 Å². The highest BCUT2D eigenvalue weighted by Gasteiger charge is 2.19. The SMILES string of the molecule is CC1CCCCc2ccccc2NC(O)C(C)NC(=O)CNC1=O. The van der Waals surface area contributed by atoms with Crippen LogP contribution >= 0.6 is 0 Å². The first-order valence-corrected chi connectivity index (χ1v) is 8.57. The van der Waals surface area contributed by atoms with E-state index in [4.69, 9.17) is 0 Å².